The number of pyridine rings is 1. The largest absolute Gasteiger partial charge is 0.415 e. The number of benzene rings is 1. The molecule has 0 spiro atoms. The minimum atomic E-state index is -0.343. The lowest BCUT2D eigenvalue weighted by molar-refractivity contribution is 0.579. The SMILES string of the molecule is Fc1cccc(-c2nnc(-c3ccccn3)o2)c1. The van der Waals surface area contributed by atoms with Crippen LogP contribution in [-0.4, -0.2) is 15.2 Å². The molecule has 1 aromatic carbocycles. The van der Waals surface area contributed by atoms with Crippen molar-refractivity contribution in [2.75, 3.05) is 0 Å². The molecule has 4 nitrogen and oxygen atoms in total. The van der Waals surface area contributed by atoms with E-state index in [1.165, 1.54) is 12.1 Å². The average molecular weight is 241 g/mol. The monoisotopic (exact) mass is 241 g/mol. The van der Waals surface area contributed by atoms with E-state index in [0.717, 1.165) is 0 Å². The summed E-state index contributed by atoms with van der Waals surface area (Å²) in [5.74, 6) is 0.245. The van der Waals surface area contributed by atoms with E-state index in [4.69, 9.17) is 4.42 Å². The fraction of sp³-hybridized carbons (Fsp3) is 0. The zero-order chi connectivity index (χ0) is 12.4. The highest BCUT2D eigenvalue weighted by Crippen LogP contribution is 2.22. The smallest absolute Gasteiger partial charge is 0.266 e. The Morgan fingerprint density at radius 2 is 1.83 bits per heavy atom. The first kappa shape index (κ1) is 10.6. The molecule has 0 fully saturated rings. The van der Waals surface area contributed by atoms with Crippen LogP contribution in [0.5, 0.6) is 0 Å². The second kappa shape index (κ2) is 4.37. The molecule has 2 aromatic heterocycles. The lowest BCUT2D eigenvalue weighted by Gasteiger charge is -1.94. The van der Waals surface area contributed by atoms with Crippen LogP contribution in [0.1, 0.15) is 0 Å². The molecule has 0 saturated carbocycles. The van der Waals surface area contributed by atoms with Crippen molar-refractivity contribution in [3.05, 3.63) is 54.5 Å². The highest BCUT2D eigenvalue weighted by atomic mass is 19.1. The van der Waals surface area contributed by atoms with Gasteiger partial charge in [-0.3, -0.25) is 4.98 Å². The topological polar surface area (TPSA) is 51.8 Å². The van der Waals surface area contributed by atoms with E-state index < -0.39 is 0 Å². The molecule has 0 aliphatic heterocycles. The minimum absolute atomic E-state index is 0.273. The molecule has 0 amide bonds. The van der Waals surface area contributed by atoms with Crippen molar-refractivity contribution < 1.29 is 8.81 Å². The van der Waals surface area contributed by atoms with Gasteiger partial charge in [-0.05, 0) is 30.3 Å². The Labute approximate surface area is 102 Å². The van der Waals surface area contributed by atoms with Gasteiger partial charge >= 0.3 is 0 Å². The molecule has 0 atom stereocenters. The first-order chi connectivity index (χ1) is 8.83. The van der Waals surface area contributed by atoms with Crippen LogP contribution in [0.2, 0.25) is 0 Å². The summed E-state index contributed by atoms with van der Waals surface area (Å²) < 4.78 is 18.5. The van der Waals surface area contributed by atoms with Crippen LogP contribution in [0, 0.1) is 5.82 Å². The molecule has 0 bridgehead atoms. The predicted molar refractivity (Wildman–Crippen MR) is 62.9 cm³/mol. The van der Waals surface area contributed by atoms with Gasteiger partial charge < -0.3 is 4.42 Å². The molecular formula is C13H8FN3O. The summed E-state index contributed by atoms with van der Waals surface area (Å²) in [5, 5.41) is 7.77. The van der Waals surface area contributed by atoms with Crippen LogP contribution in [0.15, 0.2) is 53.1 Å². The molecule has 0 unspecified atom stereocenters. The first-order valence-electron chi connectivity index (χ1n) is 5.34. The van der Waals surface area contributed by atoms with E-state index in [0.29, 0.717) is 17.1 Å². The summed E-state index contributed by atoms with van der Waals surface area (Å²) in [6.45, 7) is 0. The fourth-order valence-electron chi connectivity index (χ4n) is 1.55. The second-order valence-corrected chi connectivity index (χ2v) is 3.64. The Morgan fingerprint density at radius 1 is 0.944 bits per heavy atom. The van der Waals surface area contributed by atoms with E-state index in [1.54, 1.807) is 30.5 Å². The Bertz CT molecular complexity index is 667. The van der Waals surface area contributed by atoms with Gasteiger partial charge in [-0.25, -0.2) is 4.39 Å². The van der Waals surface area contributed by atoms with Gasteiger partial charge in [0, 0.05) is 11.8 Å². The number of nitrogens with zero attached hydrogens (tertiary/aromatic N) is 3. The lowest BCUT2D eigenvalue weighted by atomic mass is 10.2. The molecule has 18 heavy (non-hydrogen) atoms. The summed E-state index contributed by atoms with van der Waals surface area (Å²) in [4.78, 5) is 4.10. The Balaban J connectivity index is 2.00. The maximum Gasteiger partial charge on any atom is 0.266 e. The van der Waals surface area contributed by atoms with E-state index >= 15 is 0 Å². The molecule has 0 aliphatic carbocycles. The molecule has 0 saturated heterocycles. The Morgan fingerprint density at radius 3 is 2.61 bits per heavy atom. The quantitative estimate of drug-likeness (QED) is 0.692. The third-order valence-corrected chi connectivity index (χ3v) is 2.38. The van der Waals surface area contributed by atoms with Gasteiger partial charge in [-0.15, -0.1) is 10.2 Å². The van der Waals surface area contributed by atoms with Crippen molar-refractivity contribution in [2.45, 2.75) is 0 Å². The van der Waals surface area contributed by atoms with Crippen molar-refractivity contribution in [3.63, 3.8) is 0 Å². The van der Waals surface area contributed by atoms with Gasteiger partial charge in [0.15, 0.2) is 0 Å². The first-order valence-corrected chi connectivity index (χ1v) is 5.34. The van der Waals surface area contributed by atoms with Gasteiger partial charge in [0.05, 0.1) is 0 Å². The summed E-state index contributed by atoms with van der Waals surface area (Å²) >= 11 is 0. The molecule has 88 valence electrons. The van der Waals surface area contributed by atoms with E-state index in [2.05, 4.69) is 15.2 Å². The minimum Gasteiger partial charge on any atom is -0.415 e. The van der Waals surface area contributed by atoms with Gasteiger partial charge in [0.25, 0.3) is 5.89 Å². The Hall–Kier alpha value is -2.56. The fourth-order valence-corrected chi connectivity index (χ4v) is 1.55. The predicted octanol–water partition coefficient (Wildman–Crippen LogP) is 2.94. The Kier molecular flexibility index (Phi) is 2.57. The van der Waals surface area contributed by atoms with E-state index in [9.17, 15) is 4.39 Å². The lowest BCUT2D eigenvalue weighted by Crippen LogP contribution is -1.80. The third-order valence-electron chi connectivity index (χ3n) is 2.38. The summed E-state index contributed by atoms with van der Waals surface area (Å²) in [6, 6.07) is 11.4. The van der Waals surface area contributed by atoms with Crippen molar-refractivity contribution in [3.8, 4) is 23.0 Å². The van der Waals surface area contributed by atoms with Crippen molar-refractivity contribution in [1.82, 2.24) is 15.2 Å². The van der Waals surface area contributed by atoms with Gasteiger partial charge in [0.1, 0.15) is 11.5 Å². The van der Waals surface area contributed by atoms with Gasteiger partial charge in [0.2, 0.25) is 5.89 Å². The van der Waals surface area contributed by atoms with Crippen LogP contribution in [0.3, 0.4) is 0 Å². The molecule has 5 heteroatoms. The molecule has 3 rings (SSSR count). The highest BCUT2D eigenvalue weighted by Gasteiger charge is 2.11. The maximum atomic E-state index is 13.1. The third kappa shape index (κ3) is 1.98. The second-order valence-electron chi connectivity index (χ2n) is 3.64. The summed E-state index contributed by atoms with van der Waals surface area (Å²) in [6.07, 6.45) is 1.64. The molecule has 2 heterocycles. The molecule has 0 radical (unpaired) electrons. The van der Waals surface area contributed by atoms with E-state index in [1.807, 2.05) is 6.07 Å². The molecular weight excluding hydrogens is 233 g/mol. The summed E-state index contributed by atoms with van der Waals surface area (Å²) in [5.41, 5.74) is 1.14. The number of hydrogen-bond donors (Lipinski definition) is 0. The maximum absolute atomic E-state index is 13.1. The average Bonchev–Trinajstić information content (AvgIpc) is 2.89. The van der Waals surface area contributed by atoms with Crippen LogP contribution in [0.25, 0.3) is 23.0 Å². The van der Waals surface area contributed by atoms with Crippen LogP contribution in [0.4, 0.5) is 4.39 Å². The zero-order valence-electron chi connectivity index (χ0n) is 9.25. The van der Waals surface area contributed by atoms with Crippen molar-refractivity contribution in [1.29, 1.82) is 0 Å². The molecule has 0 aliphatic rings. The molecule has 3 aromatic rings. The van der Waals surface area contributed by atoms with Crippen molar-refractivity contribution in [2.24, 2.45) is 0 Å². The highest BCUT2D eigenvalue weighted by molar-refractivity contribution is 5.55. The van der Waals surface area contributed by atoms with Crippen LogP contribution < -0.4 is 0 Å². The molecule has 0 N–H and O–H groups in total. The summed E-state index contributed by atoms with van der Waals surface area (Å²) in [7, 11) is 0. The number of aromatic nitrogens is 3. The van der Waals surface area contributed by atoms with Crippen LogP contribution in [-0.2, 0) is 0 Å². The number of hydrogen-bond acceptors (Lipinski definition) is 4. The number of halogens is 1. The van der Waals surface area contributed by atoms with Crippen molar-refractivity contribution >= 4 is 0 Å². The standard InChI is InChI=1S/C13H8FN3O/c14-10-5-3-4-9(8-10)12-16-17-13(18-12)11-6-1-2-7-15-11/h1-8H. The normalized spacial score (nSPS) is 10.5. The number of rotatable bonds is 2. The van der Waals surface area contributed by atoms with Gasteiger partial charge in [-0.2, -0.15) is 0 Å². The van der Waals surface area contributed by atoms with Gasteiger partial charge in [-0.1, -0.05) is 12.1 Å². The van der Waals surface area contributed by atoms with E-state index in [-0.39, 0.29) is 11.7 Å². The van der Waals surface area contributed by atoms with Crippen LogP contribution >= 0.6 is 0 Å². The zero-order valence-corrected chi connectivity index (χ0v) is 9.25.